The van der Waals surface area contributed by atoms with Crippen LogP contribution in [0.2, 0.25) is 0 Å². The van der Waals surface area contributed by atoms with Crippen LogP contribution in [0.15, 0.2) is 30.0 Å². The van der Waals surface area contributed by atoms with Crippen molar-refractivity contribution in [3.63, 3.8) is 0 Å². The molecule has 2 aromatic heterocycles. The summed E-state index contributed by atoms with van der Waals surface area (Å²) < 4.78 is 5.67. The van der Waals surface area contributed by atoms with Crippen molar-refractivity contribution in [2.45, 2.75) is 33.0 Å². The van der Waals surface area contributed by atoms with Crippen LogP contribution in [0.5, 0.6) is 5.88 Å². The number of aromatic nitrogens is 2. The molecule has 0 saturated carbocycles. The molecule has 2 rings (SSSR count). The van der Waals surface area contributed by atoms with Gasteiger partial charge in [-0.2, -0.15) is 0 Å². The fourth-order valence-corrected chi connectivity index (χ4v) is 2.10. The average Bonchev–Trinajstić information content (AvgIpc) is 2.84. The van der Waals surface area contributed by atoms with Crippen molar-refractivity contribution >= 4 is 11.3 Å². The summed E-state index contributed by atoms with van der Waals surface area (Å²) in [4.78, 5) is 9.54. The second kappa shape index (κ2) is 6.47. The number of nitrogens with zero attached hydrogens (tertiary/aromatic N) is 2. The van der Waals surface area contributed by atoms with E-state index in [1.54, 1.807) is 17.5 Å². The quantitative estimate of drug-likeness (QED) is 0.870. The van der Waals surface area contributed by atoms with E-state index in [1.165, 1.54) is 4.88 Å². The van der Waals surface area contributed by atoms with Crippen molar-refractivity contribution in [1.82, 2.24) is 15.3 Å². The molecular formula is C13H17N3OS. The lowest BCUT2D eigenvalue weighted by atomic mass is 10.2. The predicted octanol–water partition coefficient (Wildman–Crippen LogP) is 2.62. The van der Waals surface area contributed by atoms with Crippen LogP contribution >= 0.6 is 11.3 Å². The van der Waals surface area contributed by atoms with Crippen molar-refractivity contribution < 1.29 is 4.74 Å². The summed E-state index contributed by atoms with van der Waals surface area (Å²) in [7, 11) is 0. The minimum absolute atomic E-state index is 0.139. The van der Waals surface area contributed by atoms with E-state index in [9.17, 15) is 0 Å². The van der Waals surface area contributed by atoms with Crippen LogP contribution in [-0.2, 0) is 13.1 Å². The summed E-state index contributed by atoms with van der Waals surface area (Å²) in [6.45, 7) is 5.57. The highest BCUT2D eigenvalue weighted by molar-refractivity contribution is 7.09. The maximum atomic E-state index is 5.67. The molecule has 0 aliphatic rings. The van der Waals surface area contributed by atoms with Gasteiger partial charge in [0, 0.05) is 35.9 Å². The second-order valence-corrected chi connectivity index (χ2v) is 5.18. The number of nitrogens with one attached hydrogen (secondary N) is 1. The smallest absolute Gasteiger partial charge is 0.218 e. The monoisotopic (exact) mass is 263 g/mol. The van der Waals surface area contributed by atoms with E-state index in [0.29, 0.717) is 5.88 Å². The molecule has 0 radical (unpaired) electrons. The van der Waals surface area contributed by atoms with E-state index in [2.05, 4.69) is 15.3 Å². The first kappa shape index (κ1) is 13.0. The molecule has 2 heterocycles. The largest absolute Gasteiger partial charge is 0.475 e. The Bertz CT molecular complexity index is 471. The van der Waals surface area contributed by atoms with Crippen LogP contribution in [0.1, 0.15) is 24.3 Å². The van der Waals surface area contributed by atoms with Crippen molar-refractivity contribution in [3.8, 4) is 5.88 Å². The Morgan fingerprint density at radius 2 is 2.28 bits per heavy atom. The number of hydrogen-bond donors (Lipinski definition) is 1. The third-order valence-corrected chi connectivity index (χ3v) is 3.08. The van der Waals surface area contributed by atoms with E-state index in [1.807, 2.05) is 37.7 Å². The Labute approximate surface area is 111 Å². The van der Waals surface area contributed by atoms with E-state index in [0.717, 1.165) is 18.7 Å². The SMILES string of the molecule is CC(C)Oc1ncccc1CNCc1cncs1. The van der Waals surface area contributed by atoms with Gasteiger partial charge in [-0.3, -0.25) is 4.98 Å². The van der Waals surface area contributed by atoms with Gasteiger partial charge in [-0.1, -0.05) is 6.07 Å². The standard InChI is InChI=1S/C13H17N3OS/c1-10(2)17-13-11(4-3-5-16-13)6-14-7-12-8-15-9-18-12/h3-5,8-10,14H,6-7H2,1-2H3. The van der Waals surface area contributed by atoms with Gasteiger partial charge in [0.2, 0.25) is 5.88 Å². The first-order valence-corrected chi connectivity index (χ1v) is 6.82. The third kappa shape index (κ3) is 3.78. The normalized spacial score (nSPS) is 10.8. The molecule has 0 unspecified atom stereocenters. The van der Waals surface area contributed by atoms with Crippen LogP contribution in [0.25, 0.3) is 0 Å². The molecule has 0 atom stereocenters. The molecule has 1 N–H and O–H groups in total. The van der Waals surface area contributed by atoms with Gasteiger partial charge >= 0.3 is 0 Å². The van der Waals surface area contributed by atoms with Crippen LogP contribution in [0.4, 0.5) is 0 Å². The number of ether oxygens (including phenoxy) is 1. The van der Waals surface area contributed by atoms with Gasteiger partial charge in [0.1, 0.15) is 0 Å². The van der Waals surface area contributed by atoms with Gasteiger partial charge in [0.25, 0.3) is 0 Å². The predicted molar refractivity (Wildman–Crippen MR) is 72.7 cm³/mol. The lowest BCUT2D eigenvalue weighted by Gasteiger charge is -2.12. The third-order valence-electron chi connectivity index (χ3n) is 2.30. The molecule has 0 bridgehead atoms. The Morgan fingerprint density at radius 3 is 3.00 bits per heavy atom. The highest BCUT2D eigenvalue weighted by Gasteiger charge is 2.06. The summed E-state index contributed by atoms with van der Waals surface area (Å²) in [6, 6.07) is 3.96. The van der Waals surface area contributed by atoms with Gasteiger partial charge in [-0.15, -0.1) is 11.3 Å². The highest BCUT2D eigenvalue weighted by atomic mass is 32.1. The summed E-state index contributed by atoms with van der Waals surface area (Å²) >= 11 is 1.65. The van der Waals surface area contributed by atoms with E-state index in [4.69, 9.17) is 4.74 Å². The lowest BCUT2D eigenvalue weighted by Crippen LogP contribution is -2.15. The minimum atomic E-state index is 0.139. The molecule has 0 aliphatic heterocycles. The molecule has 5 heteroatoms. The molecule has 0 aliphatic carbocycles. The molecule has 0 saturated heterocycles. The average molecular weight is 263 g/mol. The number of rotatable bonds is 6. The van der Waals surface area contributed by atoms with Crippen molar-refractivity contribution in [3.05, 3.63) is 40.5 Å². The Kier molecular flexibility index (Phi) is 4.66. The van der Waals surface area contributed by atoms with Crippen molar-refractivity contribution in [1.29, 1.82) is 0 Å². The zero-order valence-corrected chi connectivity index (χ0v) is 11.4. The molecule has 0 aromatic carbocycles. The van der Waals surface area contributed by atoms with Crippen molar-refractivity contribution in [2.75, 3.05) is 0 Å². The van der Waals surface area contributed by atoms with Crippen LogP contribution in [0, 0.1) is 0 Å². The molecule has 0 amide bonds. The number of thiazole rings is 1. The van der Waals surface area contributed by atoms with Gasteiger partial charge in [0.15, 0.2) is 0 Å². The first-order chi connectivity index (χ1) is 8.75. The number of pyridine rings is 1. The van der Waals surface area contributed by atoms with Gasteiger partial charge in [0.05, 0.1) is 11.6 Å². The molecule has 4 nitrogen and oxygen atoms in total. The molecule has 96 valence electrons. The van der Waals surface area contributed by atoms with E-state index >= 15 is 0 Å². The topological polar surface area (TPSA) is 47.0 Å². The van der Waals surface area contributed by atoms with E-state index < -0.39 is 0 Å². The van der Waals surface area contributed by atoms with E-state index in [-0.39, 0.29) is 6.10 Å². The first-order valence-electron chi connectivity index (χ1n) is 5.94. The summed E-state index contributed by atoms with van der Waals surface area (Å²) in [5, 5.41) is 3.37. The van der Waals surface area contributed by atoms with Crippen molar-refractivity contribution in [2.24, 2.45) is 0 Å². The minimum Gasteiger partial charge on any atom is -0.475 e. The lowest BCUT2D eigenvalue weighted by molar-refractivity contribution is 0.229. The van der Waals surface area contributed by atoms with Crippen LogP contribution < -0.4 is 10.1 Å². The summed E-state index contributed by atoms with van der Waals surface area (Å²) in [5.41, 5.74) is 2.92. The summed E-state index contributed by atoms with van der Waals surface area (Å²) in [5.74, 6) is 0.712. The molecule has 0 spiro atoms. The van der Waals surface area contributed by atoms with Crippen LogP contribution in [0.3, 0.4) is 0 Å². The zero-order valence-electron chi connectivity index (χ0n) is 10.6. The Hall–Kier alpha value is -1.46. The van der Waals surface area contributed by atoms with Gasteiger partial charge in [-0.05, 0) is 19.9 Å². The molecular weight excluding hydrogens is 246 g/mol. The molecule has 2 aromatic rings. The highest BCUT2D eigenvalue weighted by Crippen LogP contribution is 2.16. The second-order valence-electron chi connectivity index (χ2n) is 4.21. The zero-order chi connectivity index (χ0) is 12.8. The number of hydrogen-bond acceptors (Lipinski definition) is 5. The maximum absolute atomic E-state index is 5.67. The Balaban J connectivity index is 1.92. The fourth-order valence-electron chi connectivity index (χ4n) is 1.54. The van der Waals surface area contributed by atoms with Crippen LogP contribution in [-0.4, -0.2) is 16.1 Å². The van der Waals surface area contributed by atoms with Gasteiger partial charge < -0.3 is 10.1 Å². The van der Waals surface area contributed by atoms with Gasteiger partial charge in [-0.25, -0.2) is 4.98 Å². The summed E-state index contributed by atoms with van der Waals surface area (Å²) in [6.07, 6.45) is 3.77. The fraction of sp³-hybridized carbons (Fsp3) is 0.385. The molecule has 18 heavy (non-hydrogen) atoms. The molecule has 0 fully saturated rings. The maximum Gasteiger partial charge on any atom is 0.218 e. The Morgan fingerprint density at radius 1 is 1.39 bits per heavy atom.